The van der Waals surface area contributed by atoms with Gasteiger partial charge in [0.2, 0.25) is 0 Å². The van der Waals surface area contributed by atoms with E-state index in [1.54, 1.807) is 17.7 Å². The van der Waals surface area contributed by atoms with E-state index in [-0.39, 0.29) is 0 Å². The molecule has 0 aliphatic carbocycles. The number of rotatable bonds is 2. The number of amides is 1. The van der Waals surface area contributed by atoms with Gasteiger partial charge in [0, 0.05) is 18.0 Å². The molecule has 2 N–H and O–H groups in total. The van der Waals surface area contributed by atoms with Crippen molar-refractivity contribution in [3.05, 3.63) is 47.8 Å². The van der Waals surface area contributed by atoms with Gasteiger partial charge in [0.05, 0.1) is 11.4 Å². The van der Waals surface area contributed by atoms with Crippen LogP contribution < -0.4 is 5.48 Å². The van der Waals surface area contributed by atoms with E-state index in [1.807, 2.05) is 19.1 Å². The third-order valence-corrected chi connectivity index (χ3v) is 2.30. The summed E-state index contributed by atoms with van der Waals surface area (Å²) in [6.45, 7) is 1.95. The lowest BCUT2D eigenvalue weighted by atomic mass is 10.1. The zero-order valence-electron chi connectivity index (χ0n) is 9.21. The van der Waals surface area contributed by atoms with Crippen LogP contribution in [0.1, 0.15) is 15.9 Å². The fraction of sp³-hybridized carbons (Fsp3) is 0.0833. The number of aromatic nitrogens is 2. The fourth-order valence-electron chi connectivity index (χ4n) is 1.45. The van der Waals surface area contributed by atoms with Crippen molar-refractivity contribution in [2.45, 2.75) is 6.92 Å². The highest BCUT2D eigenvalue weighted by molar-refractivity contribution is 5.94. The molecule has 17 heavy (non-hydrogen) atoms. The predicted molar refractivity (Wildman–Crippen MR) is 61.5 cm³/mol. The molecule has 0 unspecified atom stereocenters. The summed E-state index contributed by atoms with van der Waals surface area (Å²) in [6.07, 6.45) is 3.19. The molecule has 0 bridgehead atoms. The molecular formula is C12H11N3O2. The maximum atomic E-state index is 11.3. The minimum Gasteiger partial charge on any atom is -0.288 e. The Kier molecular flexibility index (Phi) is 3.11. The summed E-state index contributed by atoms with van der Waals surface area (Å²) < 4.78 is 0. The van der Waals surface area contributed by atoms with Crippen LogP contribution in [-0.2, 0) is 0 Å². The molecule has 0 aliphatic heterocycles. The Balaban J connectivity index is 2.43. The number of hydroxylamine groups is 1. The van der Waals surface area contributed by atoms with Crippen LogP contribution in [0.2, 0.25) is 0 Å². The van der Waals surface area contributed by atoms with Crippen LogP contribution in [0.15, 0.2) is 36.7 Å². The highest BCUT2D eigenvalue weighted by Gasteiger charge is 2.07. The second kappa shape index (κ2) is 4.71. The fourth-order valence-corrected chi connectivity index (χ4v) is 1.45. The first-order chi connectivity index (χ1) is 8.20. The predicted octanol–water partition coefficient (Wildman–Crippen LogP) is 1.57. The van der Waals surface area contributed by atoms with E-state index >= 15 is 0 Å². The molecule has 2 aromatic heterocycles. The minimum atomic E-state index is -0.568. The first-order valence-corrected chi connectivity index (χ1v) is 5.04. The molecule has 5 heteroatoms. The molecule has 0 atom stereocenters. The van der Waals surface area contributed by atoms with Crippen LogP contribution in [0, 0.1) is 6.92 Å². The zero-order valence-corrected chi connectivity index (χ0v) is 9.21. The maximum Gasteiger partial charge on any atom is 0.274 e. The summed E-state index contributed by atoms with van der Waals surface area (Å²) in [5.74, 6) is -0.568. The molecule has 2 aromatic rings. The van der Waals surface area contributed by atoms with E-state index < -0.39 is 5.91 Å². The van der Waals surface area contributed by atoms with Crippen LogP contribution in [0.3, 0.4) is 0 Å². The molecule has 2 heterocycles. The van der Waals surface area contributed by atoms with Crippen LogP contribution in [-0.4, -0.2) is 21.1 Å². The standard InChI is InChI=1S/C12H11N3O2/c1-8-2-4-13-10(6-8)11-7-9(3-5-14-11)12(16)15-17/h2-7,17H,1H3,(H,15,16). The van der Waals surface area contributed by atoms with Crippen LogP contribution in [0.25, 0.3) is 11.4 Å². The van der Waals surface area contributed by atoms with Crippen molar-refractivity contribution in [1.82, 2.24) is 15.4 Å². The average Bonchev–Trinajstić information content (AvgIpc) is 2.38. The Bertz CT molecular complexity index is 555. The van der Waals surface area contributed by atoms with Gasteiger partial charge in [0.1, 0.15) is 0 Å². The van der Waals surface area contributed by atoms with Crippen LogP contribution in [0.5, 0.6) is 0 Å². The molecule has 0 radical (unpaired) electrons. The molecule has 0 saturated carbocycles. The SMILES string of the molecule is Cc1ccnc(-c2cc(C(=O)NO)ccn2)c1. The van der Waals surface area contributed by atoms with E-state index in [1.165, 1.54) is 12.3 Å². The van der Waals surface area contributed by atoms with Gasteiger partial charge >= 0.3 is 0 Å². The highest BCUT2D eigenvalue weighted by atomic mass is 16.5. The van der Waals surface area contributed by atoms with Gasteiger partial charge in [0.15, 0.2) is 0 Å². The lowest BCUT2D eigenvalue weighted by Crippen LogP contribution is -2.18. The molecule has 0 aromatic carbocycles. The van der Waals surface area contributed by atoms with Crippen LogP contribution >= 0.6 is 0 Å². The summed E-state index contributed by atoms with van der Waals surface area (Å²) in [5, 5.41) is 8.56. The first-order valence-electron chi connectivity index (χ1n) is 5.04. The topological polar surface area (TPSA) is 75.1 Å². The molecule has 0 aliphatic rings. The summed E-state index contributed by atoms with van der Waals surface area (Å²) in [4.78, 5) is 19.6. The smallest absolute Gasteiger partial charge is 0.274 e. The van der Waals surface area contributed by atoms with Gasteiger partial charge in [-0.05, 0) is 36.8 Å². The molecule has 2 rings (SSSR count). The van der Waals surface area contributed by atoms with Crippen molar-refractivity contribution in [1.29, 1.82) is 0 Å². The lowest BCUT2D eigenvalue weighted by molar-refractivity contribution is 0.0706. The van der Waals surface area contributed by atoms with E-state index in [9.17, 15) is 4.79 Å². The number of hydrogen-bond acceptors (Lipinski definition) is 4. The van der Waals surface area contributed by atoms with Gasteiger partial charge in [-0.1, -0.05) is 0 Å². The Morgan fingerprint density at radius 2 is 1.82 bits per heavy atom. The summed E-state index contributed by atoms with van der Waals surface area (Å²) in [6, 6.07) is 6.86. The Hall–Kier alpha value is -2.27. The van der Waals surface area contributed by atoms with Crippen molar-refractivity contribution >= 4 is 5.91 Å². The maximum absolute atomic E-state index is 11.3. The second-order valence-electron chi connectivity index (χ2n) is 3.59. The highest BCUT2D eigenvalue weighted by Crippen LogP contribution is 2.16. The van der Waals surface area contributed by atoms with Gasteiger partial charge in [-0.2, -0.15) is 0 Å². The number of hydrogen-bond donors (Lipinski definition) is 2. The van der Waals surface area contributed by atoms with Crippen molar-refractivity contribution in [2.75, 3.05) is 0 Å². The Labute approximate surface area is 98.1 Å². The monoisotopic (exact) mass is 229 g/mol. The van der Waals surface area contributed by atoms with E-state index in [4.69, 9.17) is 5.21 Å². The zero-order chi connectivity index (χ0) is 12.3. The third kappa shape index (κ3) is 2.46. The van der Waals surface area contributed by atoms with Crippen molar-refractivity contribution in [3.8, 4) is 11.4 Å². The summed E-state index contributed by atoms with van der Waals surface area (Å²) in [7, 11) is 0. The number of carbonyl (C=O) groups excluding carboxylic acids is 1. The van der Waals surface area contributed by atoms with Gasteiger partial charge < -0.3 is 0 Å². The Morgan fingerprint density at radius 3 is 2.47 bits per heavy atom. The summed E-state index contributed by atoms with van der Waals surface area (Å²) in [5.41, 5.74) is 4.27. The molecule has 86 valence electrons. The van der Waals surface area contributed by atoms with Gasteiger partial charge in [0.25, 0.3) is 5.91 Å². The number of nitrogens with zero attached hydrogens (tertiary/aromatic N) is 2. The van der Waals surface area contributed by atoms with E-state index in [2.05, 4.69) is 9.97 Å². The number of carbonyl (C=O) groups is 1. The number of aryl methyl sites for hydroxylation is 1. The molecular weight excluding hydrogens is 218 g/mol. The molecule has 5 nitrogen and oxygen atoms in total. The van der Waals surface area contributed by atoms with E-state index in [0.717, 1.165) is 5.56 Å². The average molecular weight is 229 g/mol. The van der Waals surface area contributed by atoms with Crippen LogP contribution in [0.4, 0.5) is 0 Å². The largest absolute Gasteiger partial charge is 0.288 e. The first kappa shape index (κ1) is 11.2. The Morgan fingerprint density at radius 1 is 1.18 bits per heavy atom. The molecule has 0 saturated heterocycles. The van der Waals surface area contributed by atoms with Crippen molar-refractivity contribution in [2.24, 2.45) is 0 Å². The van der Waals surface area contributed by atoms with Crippen molar-refractivity contribution < 1.29 is 10.0 Å². The number of nitrogens with one attached hydrogen (secondary N) is 1. The van der Waals surface area contributed by atoms with E-state index in [0.29, 0.717) is 17.0 Å². The second-order valence-corrected chi connectivity index (χ2v) is 3.59. The molecule has 0 spiro atoms. The van der Waals surface area contributed by atoms with Gasteiger partial charge in [-0.25, -0.2) is 5.48 Å². The van der Waals surface area contributed by atoms with Crippen molar-refractivity contribution in [3.63, 3.8) is 0 Å². The molecule has 0 fully saturated rings. The summed E-state index contributed by atoms with van der Waals surface area (Å²) >= 11 is 0. The van der Waals surface area contributed by atoms with Gasteiger partial charge in [-0.15, -0.1) is 0 Å². The third-order valence-electron chi connectivity index (χ3n) is 2.30. The number of pyridine rings is 2. The lowest BCUT2D eigenvalue weighted by Gasteiger charge is -2.03. The normalized spacial score (nSPS) is 10.0. The minimum absolute atomic E-state index is 0.334. The quantitative estimate of drug-likeness (QED) is 0.605. The van der Waals surface area contributed by atoms with Gasteiger partial charge in [-0.3, -0.25) is 20.0 Å². The molecule has 1 amide bonds.